The Morgan fingerprint density at radius 2 is 1.73 bits per heavy atom. The second-order valence-electron chi connectivity index (χ2n) is 2.42. The molecule has 11 heavy (non-hydrogen) atoms. The van der Waals surface area contributed by atoms with Crippen LogP contribution >= 0.6 is 0 Å². The van der Waals surface area contributed by atoms with E-state index in [1.165, 1.54) is 0 Å². The molecule has 1 heterocycles. The van der Waals surface area contributed by atoms with Crippen molar-refractivity contribution in [1.29, 1.82) is 0 Å². The lowest BCUT2D eigenvalue weighted by Gasteiger charge is -2.11. The number of ether oxygens (including phenoxy) is 1. The molecule has 0 bridgehead atoms. The molecule has 0 unspecified atom stereocenters. The quantitative estimate of drug-likeness (QED) is 0.352. The Bertz CT molecular complexity index is 168. The van der Waals surface area contributed by atoms with Crippen LogP contribution in [-0.4, -0.2) is 45.0 Å². The average Bonchev–Trinajstić information content (AvgIpc) is 2.17. The van der Waals surface area contributed by atoms with Crippen molar-refractivity contribution in [1.82, 2.24) is 0 Å². The Balaban J connectivity index is 2.67. The van der Waals surface area contributed by atoms with Crippen LogP contribution in [0.15, 0.2) is 12.3 Å². The van der Waals surface area contributed by atoms with Gasteiger partial charge in [-0.1, -0.05) is 6.58 Å². The molecule has 1 saturated heterocycles. The van der Waals surface area contributed by atoms with E-state index < -0.39 is 30.4 Å². The Kier molecular flexibility index (Phi) is 2.15. The molecule has 0 amide bonds. The first-order chi connectivity index (χ1) is 5.04. The molecule has 0 aliphatic carbocycles. The third-order valence-corrected chi connectivity index (χ3v) is 1.57. The van der Waals surface area contributed by atoms with Crippen molar-refractivity contribution >= 4 is 0 Å². The zero-order valence-electron chi connectivity index (χ0n) is 5.71. The highest BCUT2D eigenvalue weighted by atomic mass is 16.6. The minimum Gasteiger partial charge on any atom is -0.510 e. The SMILES string of the molecule is C=C(O)[C@H]1O[C@@H](O)[C@H](O)[C@@H]1O. The maximum atomic E-state index is 9.04. The highest BCUT2D eigenvalue weighted by Crippen LogP contribution is 2.22. The normalized spacial score (nSPS) is 44.3. The highest BCUT2D eigenvalue weighted by Gasteiger charge is 2.43. The highest BCUT2D eigenvalue weighted by molar-refractivity contribution is 5.01. The van der Waals surface area contributed by atoms with E-state index in [0.29, 0.717) is 0 Å². The summed E-state index contributed by atoms with van der Waals surface area (Å²) >= 11 is 0. The Hall–Kier alpha value is -0.620. The van der Waals surface area contributed by atoms with Crippen LogP contribution in [0.3, 0.4) is 0 Å². The predicted molar refractivity (Wildman–Crippen MR) is 34.7 cm³/mol. The molecule has 5 nitrogen and oxygen atoms in total. The van der Waals surface area contributed by atoms with E-state index in [4.69, 9.17) is 20.4 Å². The van der Waals surface area contributed by atoms with Gasteiger partial charge in [-0.3, -0.25) is 0 Å². The van der Waals surface area contributed by atoms with Crippen LogP contribution in [0.2, 0.25) is 0 Å². The molecule has 0 aromatic heterocycles. The molecule has 64 valence electrons. The molecule has 4 N–H and O–H groups in total. The lowest BCUT2D eigenvalue weighted by Crippen LogP contribution is -2.32. The summed E-state index contributed by atoms with van der Waals surface area (Å²) in [5.74, 6) is -0.409. The van der Waals surface area contributed by atoms with E-state index in [-0.39, 0.29) is 0 Å². The summed E-state index contributed by atoms with van der Waals surface area (Å²) in [5, 5.41) is 35.5. The summed E-state index contributed by atoms with van der Waals surface area (Å²) in [5.41, 5.74) is 0. The van der Waals surface area contributed by atoms with E-state index in [0.717, 1.165) is 0 Å². The topological polar surface area (TPSA) is 90.2 Å². The van der Waals surface area contributed by atoms with Crippen molar-refractivity contribution in [3.8, 4) is 0 Å². The summed E-state index contributed by atoms with van der Waals surface area (Å²) in [6.45, 7) is 3.10. The Morgan fingerprint density at radius 1 is 1.18 bits per heavy atom. The monoisotopic (exact) mass is 162 g/mol. The van der Waals surface area contributed by atoms with Gasteiger partial charge in [0.15, 0.2) is 6.29 Å². The second kappa shape index (κ2) is 2.78. The summed E-state index contributed by atoms with van der Waals surface area (Å²) in [4.78, 5) is 0. The van der Waals surface area contributed by atoms with Crippen LogP contribution in [-0.2, 0) is 4.74 Å². The molecule has 0 aromatic carbocycles. The number of aliphatic hydroxyl groups is 4. The van der Waals surface area contributed by atoms with Crippen molar-refractivity contribution in [2.24, 2.45) is 0 Å². The number of hydrogen-bond donors (Lipinski definition) is 4. The number of hydrogen-bond acceptors (Lipinski definition) is 5. The first-order valence-electron chi connectivity index (χ1n) is 3.11. The molecule has 1 fully saturated rings. The maximum absolute atomic E-state index is 9.04. The standard InChI is InChI=1S/C6H10O5/c1-2(7)5-3(8)4(9)6(10)11-5/h3-10H,1H2/t3-,4+,5+,6+/m0/s1. The largest absolute Gasteiger partial charge is 0.510 e. The van der Waals surface area contributed by atoms with Crippen LogP contribution in [0.5, 0.6) is 0 Å². The third-order valence-electron chi connectivity index (χ3n) is 1.57. The minimum absolute atomic E-state index is 0.409. The lowest BCUT2D eigenvalue weighted by atomic mass is 10.1. The molecular weight excluding hydrogens is 152 g/mol. The Morgan fingerprint density at radius 3 is 1.91 bits per heavy atom. The van der Waals surface area contributed by atoms with Crippen LogP contribution in [0.1, 0.15) is 0 Å². The molecule has 1 rings (SSSR count). The second-order valence-corrected chi connectivity index (χ2v) is 2.42. The van der Waals surface area contributed by atoms with Gasteiger partial charge in [-0.15, -0.1) is 0 Å². The molecule has 0 saturated carbocycles. The van der Waals surface area contributed by atoms with Gasteiger partial charge in [0.05, 0.1) is 0 Å². The van der Waals surface area contributed by atoms with Crippen molar-refractivity contribution in [3.05, 3.63) is 12.3 Å². The molecular formula is C6H10O5. The predicted octanol–water partition coefficient (Wildman–Crippen LogP) is -1.50. The van der Waals surface area contributed by atoms with Gasteiger partial charge in [-0.25, -0.2) is 0 Å². The molecule has 0 spiro atoms. The van der Waals surface area contributed by atoms with Crippen LogP contribution in [0.25, 0.3) is 0 Å². The van der Waals surface area contributed by atoms with E-state index in [1.807, 2.05) is 0 Å². The van der Waals surface area contributed by atoms with Gasteiger partial charge in [-0.05, 0) is 0 Å². The van der Waals surface area contributed by atoms with Crippen molar-refractivity contribution in [2.75, 3.05) is 0 Å². The molecule has 0 radical (unpaired) electrons. The molecule has 4 atom stereocenters. The fraction of sp³-hybridized carbons (Fsp3) is 0.667. The van der Waals surface area contributed by atoms with Crippen molar-refractivity contribution in [3.63, 3.8) is 0 Å². The summed E-state index contributed by atoms with van der Waals surface area (Å²) < 4.78 is 4.55. The average molecular weight is 162 g/mol. The third kappa shape index (κ3) is 1.36. The summed E-state index contributed by atoms with van der Waals surface area (Å²) in [6, 6.07) is 0. The first-order valence-corrected chi connectivity index (χ1v) is 3.11. The van der Waals surface area contributed by atoms with Gasteiger partial charge in [-0.2, -0.15) is 0 Å². The van der Waals surface area contributed by atoms with Crippen molar-refractivity contribution < 1.29 is 25.2 Å². The molecule has 1 aliphatic heterocycles. The van der Waals surface area contributed by atoms with Gasteiger partial charge in [0.1, 0.15) is 24.1 Å². The fourth-order valence-electron chi connectivity index (χ4n) is 0.935. The van der Waals surface area contributed by atoms with E-state index in [2.05, 4.69) is 11.3 Å². The van der Waals surface area contributed by atoms with Gasteiger partial charge in [0.2, 0.25) is 0 Å². The summed E-state index contributed by atoms with van der Waals surface area (Å²) in [6.07, 6.45) is -5.26. The van der Waals surface area contributed by atoms with Gasteiger partial charge < -0.3 is 25.2 Å². The van der Waals surface area contributed by atoms with Crippen LogP contribution in [0.4, 0.5) is 0 Å². The van der Waals surface area contributed by atoms with E-state index in [9.17, 15) is 0 Å². The minimum atomic E-state index is -1.46. The van der Waals surface area contributed by atoms with Crippen LogP contribution < -0.4 is 0 Å². The summed E-state index contributed by atoms with van der Waals surface area (Å²) in [7, 11) is 0. The lowest BCUT2D eigenvalue weighted by molar-refractivity contribution is -0.125. The smallest absolute Gasteiger partial charge is 0.184 e. The number of rotatable bonds is 1. The Labute approximate surface area is 63.2 Å². The number of aliphatic hydroxyl groups excluding tert-OH is 4. The van der Waals surface area contributed by atoms with Crippen molar-refractivity contribution in [2.45, 2.75) is 24.6 Å². The van der Waals surface area contributed by atoms with E-state index in [1.54, 1.807) is 0 Å². The fourth-order valence-corrected chi connectivity index (χ4v) is 0.935. The van der Waals surface area contributed by atoms with Gasteiger partial charge >= 0.3 is 0 Å². The van der Waals surface area contributed by atoms with Gasteiger partial charge in [0, 0.05) is 0 Å². The molecule has 0 aromatic rings. The van der Waals surface area contributed by atoms with Gasteiger partial charge in [0.25, 0.3) is 0 Å². The van der Waals surface area contributed by atoms with E-state index >= 15 is 0 Å². The zero-order chi connectivity index (χ0) is 8.59. The van der Waals surface area contributed by atoms with Crippen LogP contribution in [0, 0.1) is 0 Å². The molecule has 5 heteroatoms. The maximum Gasteiger partial charge on any atom is 0.184 e. The first kappa shape index (κ1) is 8.48. The molecule has 1 aliphatic rings. The zero-order valence-corrected chi connectivity index (χ0v) is 5.71.